The molecule has 1 aliphatic rings. The monoisotopic (exact) mass is 439 g/mol. The Morgan fingerprint density at radius 1 is 1.58 bits per heavy atom. The molecular formula is C16H15FIN5O. The molecular weight excluding hydrogens is 424 g/mol. The first-order valence-corrected chi connectivity index (χ1v) is 8.26. The molecule has 0 radical (unpaired) electrons. The molecule has 0 saturated carbocycles. The third kappa shape index (κ3) is 2.81. The first-order chi connectivity index (χ1) is 11.6. The van der Waals surface area contributed by atoms with E-state index in [1.54, 1.807) is 6.26 Å². The van der Waals surface area contributed by atoms with Gasteiger partial charge in [-0.05, 0) is 47.7 Å². The van der Waals surface area contributed by atoms with Crippen LogP contribution in [0.4, 0.5) is 4.39 Å². The summed E-state index contributed by atoms with van der Waals surface area (Å²) in [4.78, 5) is 8.36. The lowest BCUT2D eigenvalue weighted by Gasteiger charge is -2.13. The van der Waals surface area contributed by atoms with Crippen LogP contribution < -0.4 is 5.73 Å². The molecule has 0 bridgehead atoms. The zero-order chi connectivity index (χ0) is 17.3. The van der Waals surface area contributed by atoms with E-state index in [1.807, 2.05) is 46.2 Å². The van der Waals surface area contributed by atoms with Crippen LogP contribution in [0.2, 0.25) is 0 Å². The van der Waals surface area contributed by atoms with Gasteiger partial charge in [0.05, 0.1) is 27.1 Å². The average Bonchev–Trinajstić information content (AvgIpc) is 3.19. The first kappa shape index (κ1) is 16.6. The van der Waals surface area contributed by atoms with E-state index >= 15 is 0 Å². The SMILES string of the molecule is Cc1nc2c(F)cc(C(=NC=N)C(I)=CN)cc2n1C1C=COC1. The average molecular weight is 439 g/mol. The molecule has 0 saturated heterocycles. The summed E-state index contributed by atoms with van der Waals surface area (Å²) in [7, 11) is 0. The Morgan fingerprint density at radius 3 is 3.00 bits per heavy atom. The summed E-state index contributed by atoms with van der Waals surface area (Å²) in [6.07, 6.45) is 5.84. The van der Waals surface area contributed by atoms with Crippen LogP contribution in [0.25, 0.3) is 11.0 Å². The molecule has 8 heteroatoms. The van der Waals surface area contributed by atoms with Gasteiger partial charge in [-0.3, -0.25) is 5.41 Å². The Kier molecular flexibility index (Phi) is 4.65. The minimum absolute atomic E-state index is 0.0306. The fourth-order valence-electron chi connectivity index (χ4n) is 2.76. The fourth-order valence-corrected chi connectivity index (χ4v) is 3.21. The van der Waals surface area contributed by atoms with Crippen molar-refractivity contribution in [1.82, 2.24) is 9.55 Å². The van der Waals surface area contributed by atoms with Gasteiger partial charge in [0, 0.05) is 11.8 Å². The third-order valence-electron chi connectivity index (χ3n) is 3.76. The summed E-state index contributed by atoms with van der Waals surface area (Å²) >= 11 is 2.01. The van der Waals surface area contributed by atoms with Gasteiger partial charge in [-0.15, -0.1) is 0 Å². The van der Waals surface area contributed by atoms with Gasteiger partial charge in [0.2, 0.25) is 0 Å². The number of aliphatic imine (C=N–C) groups is 1. The van der Waals surface area contributed by atoms with Crippen LogP contribution in [-0.4, -0.2) is 28.2 Å². The van der Waals surface area contributed by atoms with Gasteiger partial charge < -0.3 is 15.0 Å². The quantitative estimate of drug-likeness (QED) is 0.436. The van der Waals surface area contributed by atoms with Gasteiger partial charge in [-0.1, -0.05) is 0 Å². The van der Waals surface area contributed by atoms with Crippen LogP contribution in [-0.2, 0) is 4.74 Å². The molecule has 124 valence electrons. The molecule has 1 aliphatic heterocycles. The Balaban J connectivity index is 2.25. The van der Waals surface area contributed by atoms with Crippen molar-refractivity contribution in [1.29, 1.82) is 5.41 Å². The van der Waals surface area contributed by atoms with Crippen LogP contribution >= 0.6 is 22.6 Å². The number of nitrogens with two attached hydrogens (primary N) is 1. The van der Waals surface area contributed by atoms with Crippen molar-refractivity contribution >= 4 is 45.7 Å². The summed E-state index contributed by atoms with van der Waals surface area (Å²) in [6.45, 7) is 2.32. The normalized spacial score (nSPS) is 18.2. The zero-order valence-electron chi connectivity index (χ0n) is 12.8. The lowest BCUT2D eigenvalue weighted by Crippen LogP contribution is -2.11. The second kappa shape index (κ2) is 6.71. The molecule has 0 fully saturated rings. The summed E-state index contributed by atoms with van der Waals surface area (Å²) in [6, 6.07) is 3.15. The highest BCUT2D eigenvalue weighted by atomic mass is 127. The predicted molar refractivity (Wildman–Crippen MR) is 100 cm³/mol. The first-order valence-electron chi connectivity index (χ1n) is 7.18. The summed E-state index contributed by atoms with van der Waals surface area (Å²) in [5, 5.41) is 7.23. The minimum Gasteiger partial charge on any atom is -0.499 e. The Labute approximate surface area is 151 Å². The van der Waals surface area contributed by atoms with Crippen LogP contribution in [0.5, 0.6) is 0 Å². The maximum atomic E-state index is 14.6. The van der Waals surface area contributed by atoms with Crippen LogP contribution in [0.15, 0.2) is 39.2 Å². The van der Waals surface area contributed by atoms with Gasteiger partial charge >= 0.3 is 0 Å². The maximum Gasteiger partial charge on any atom is 0.151 e. The molecule has 24 heavy (non-hydrogen) atoms. The molecule has 3 rings (SSSR count). The molecule has 1 aromatic carbocycles. The van der Waals surface area contributed by atoms with Crippen LogP contribution in [0, 0.1) is 18.2 Å². The van der Waals surface area contributed by atoms with E-state index in [4.69, 9.17) is 15.9 Å². The van der Waals surface area contributed by atoms with E-state index in [0.29, 0.717) is 38.3 Å². The van der Waals surface area contributed by atoms with Gasteiger partial charge in [-0.25, -0.2) is 14.4 Å². The number of hydrogen-bond donors (Lipinski definition) is 2. The number of rotatable bonds is 4. The van der Waals surface area contributed by atoms with Crippen molar-refractivity contribution in [2.45, 2.75) is 13.0 Å². The molecule has 6 nitrogen and oxygen atoms in total. The number of nitrogens with one attached hydrogen (secondary N) is 1. The Morgan fingerprint density at radius 2 is 2.38 bits per heavy atom. The molecule has 0 spiro atoms. The third-order valence-corrected chi connectivity index (χ3v) is 4.63. The van der Waals surface area contributed by atoms with Crippen molar-refractivity contribution in [2.75, 3.05) is 6.61 Å². The van der Waals surface area contributed by atoms with Crippen molar-refractivity contribution < 1.29 is 9.13 Å². The van der Waals surface area contributed by atoms with E-state index in [2.05, 4.69) is 9.98 Å². The van der Waals surface area contributed by atoms with Crippen molar-refractivity contribution in [3.8, 4) is 0 Å². The molecule has 3 N–H and O–H groups in total. The van der Waals surface area contributed by atoms with E-state index in [1.165, 1.54) is 12.3 Å². The Hall–Kier alpha value is -2.23. The lowest BCUT2D eigenvalue weighted by atomic mass is 10.1. The number of allylic oxidation sites excluding steroid dienone is 1. The minimum atomic E-state index is -0.439. The molecule has 1 unspecified atom stereocenters. The van der Waals surface area contributed by atoms with E-state index in [0.717, 1.165) is 6.34 Å². The van der Waals surface area contributed by atoms with Crippen molar-refractivity contribution in [3.05, 3.63) is 51.5 Å². The van der Waals surface area contributed by atoms with Crippen LogP contribution in [0.1, 0.15) is 17.4 Å². The summed E-state index contributed by atoms with van der Waals surface area (Å²) in [5.41, 5.74) is 7.50. The van der Waals surface area contributed by atoms with Gasteiger partial charge in [-0.2, -0.15) is 0 Å². The summed E-state index contributed by atoms with van der Waals surface area (Å²) < 4.78 is 22.5. The smallest absolute Gasteiger partial charge is 0.151 e. The highest BCUT2D eigenvalue weighted by Gasteiger charge is 2.22. The highest BCUT2D eigenvalue weighted by Crippen LogP contribution is 2.28. The van der Waals surface area contributed by atoms with Gasteiger partial charge in [0.15, 0.2) is 5.82 Å². The predicted octanol–water partition coefficient (Wildman–Crippen LogP) is 3.20. The molecule has 1 aromatic heterocycles. The molecule has 2 aromatic rings. The molecule has 0 aliphatic carbocycles. The Bertz CT molecular complexity index is 899. The molecule has 0 amide bonds. The number of aryl methyl sites for hydroxylation is 1. The van der Waals surface area contributed by atoms with Gasteiger partial charge in [0.1, 0.15) is 24.3 Å². The second-order valence-corrected chi connectivity index (χ2v) is 6.37. The fraction of sp³-hybridized carbons (Fsp3) is 0.188. The number of halogens is 2. The molecule has 2 heterocycles. The number of aromatic nitrogens is 2. The van der Waals surface area contributed by atoms with Gasteiger partial charge in [0.25, 0.3) is 0 Å². The van der Waals surface area contributed by atoms with Crippen LogP contribution in [0.3, 0.4) is 0 Å². The van der Waals surface area contributed by atoms with Crippen molar-refractivity contribution in [2.24, 2.45) is 10.7 Å². The highest BCUT2D eigenvalue weighted by molar-refractivity contribution is 14.1. The number of fused-ring (bicyclic) bond motifs is 1. The number of benzene rings is 1. The standard InChI is InChI=1S/C16H15FIN5O/c1-9-22-16-12(17)4-10(15(21-8-20)13(18)6-19)5-14(16)23(9)11-2-3-24-7-11/h2-6,8,11,20H,7,19H2,1H3. The van der Waals surface area contributed by atoms with Crippen molar-refractivity contribution in [3.63, 3.8) is 0 Å². The summed E-state index contributed by atoms with van der Waals surface area (Å²) in [5.74, 6) is 0.266. The number of ether oxygens (including phenoxy) is 1. The lowest BCUT2D eigenvalue weighted by molar-refractivity contribution is 0.250. The van der Waals surface area contributed by atoms with E-state index in [9.17, 15) is 4.39 Å². The largest absolute Gasteiger partial charge is 0.499 e. The maximum absolute atomic E-state index is 14.6. The van der Waals surface area contributed by atoms with E-state index < -0.39 is 5.82 Å². The second-order valence-electron chi connectivity index (χ2n) is 5.21. The number of nitrogens with zero attached hydrogens (tertiary/aromatic N) is 3. The van der Waals surface area contributed by atoms with E-state index in [-0.39, 0.29) is 6.04 Å². The topological polar surface area (TPSA) is 89.3 Å². The molecule has 1 atom stereocenters. The number of imidazole rings is 1. The number of hydrogen-bond acceptors (Lipinski definition) is 4. The zero-order valence-corrected chi connectivity index (χ0v) is 15.0.